The van der Waals surface area contributed by atoms with Gasteiger partial charge >= 0.3 is 17.7 Å². The van der Waals surface area contributed by atoms with E-state index in [1.165, 1.54) is 19.2 Å². The van der Waals surface area contributed by atoms with Crippen LogP contribution in [0.4, 0.5) is 11.6 Å². The lowest BCUT2D eigenvalue weighted by atomic mass is 10.3. The SMILES string of the molecule is CCNc1nc(OC)nc(Oc2ccccc2[N+](=O)[O-])n1. The Bertz CT molecular complexity index is 649. The molecule has 0 saturated carbocycles. The molecule has 9 heteroatoms. The Kier molecular flexibility index (Phi) is 4.44. The number of anilines is 1. The first-order valence-electron chi connectivity index (χ1n) is 6.09. The van der Waals surface area contributed by atoms with E-state index >= 15 is 0 Å². The molecule has 21 heavy (non-hydrogen) atoms. The number of hydrogen-bond acceptors (Lipinski definition) is 8. The molecule has 0 radical (unpaired) electrons. The summed E-state index contributed by atoms with van der Waals surface area (Å²) in [5.41, 5.74) is -0.179. The summed E-state index contributed by atoms with van der Waals surface area (Å²) in [5, 5.41) is 13.8. The molecule has 0 aliphatic heterocycles. The maximum Gasteiger partial charge on any atom is 0.330 e. The minimum atomic E-state index is -0.543. The van der Waals surface area contributed by atoms with Gasteiger partial charge in [0.2, 0.25) is 11.7 Å². The second kappa shape index (κ2) is 6.46. The molecule has 0 unspecified atom stereocenters. The van der Waals surface area contributed by atoms with E-state index in [9.17, 15) is 10.1 Å². The van der Waals surface area contributed by atoms with Crippen LogP contribution in [0.2, 0.25) is 0 Å². The average Bonchev–Trinajstić information content (AvgIpc) is 2.47. The van der Waals surface area contributed by atoms with Gasteiger partial charge in [-0.2, -0.15) is 9.97 Å². The van der Waals surface area contributed by atoms with Gasteiger partial charge in [-0.1, -0.05) is 12.1 Å². The van der Waals surface area contributed by atoms with Gasteiger partial charge in [-0.15, -0.1) is 4.98 Å². The lowest BCUT2D eigenvalue weighted by Gasteiger charge is -2.07. The van der Waals surface area contributed by atoms with Crippen LogP contribution in [-0.2, 0) is 0 Å². The maximum atomic E-state index is 10.9. The normalized spacial score (nSPS) is 10.0. The van der Waals surface area contributed by atoms with Crippen LogP contribution in [0.25, 0.3) is 0 Å². The van der Waals surface area contributed by atoms with Gasteiger partial charge in [0.15, 0.2) is 0 Å². The topological polar surface area (TPSA) is 112 Å². The van der Waals surface area contributed by atoms with Gasteiger partial charge in [0.05, 0.1) is 12.0 Å². The largest absolute Gasteiger partial charge is 0.467 e. The molecule has 0 aliphatic carbocycles. The first-order chi connectivity index (χ1) is 10.1. The van der Waals surface area contributed by atoms with Gasteiger partial charge in [0, 0.05) is 12.6 Å². The van der Waals surface area contributed by atoms with Crippen molar-refractivity contribution in [2.24, 2.45) is 0 Å². The molecule has 0 bridgehead atoms. The molecule has 1 N–H and O–H groups in total. The van der Waals surface area contributed by atoms with E-state index < -0.39 is 4.92 Å². The van der Waals surface area contributed by atoms with Crippen LogP contribution in [0.15, 0.2) is 24.3 Å². The molecule has 0 fully saturated rings. The number of para-hydroxylation sites is 2. The van der Waals surface area contributed by atoms with Crippen LogP contribution in [0.3, 0.4) is 0 Å². The Balaban J connectivity index is 2.35. The third kappa shape index (κ3) is 3.53. The van der Waals surface area contributed by atoms with Crippen molar-refractivity contribution in [1.82, 2.24) is 15.0 Å². The lowest BCUT2D eigenvalue weighted by Crippen LogP contribution is -2.06. The van der Waals surface area contributed by atoms with Crippen LogP contribution >= 0.6 is 0 Å². The zero-order chi connectivity index (χ0) is 15.2. The number of hydrogen-bond donors (Lipinski definition) is 1. The lowest BCUT2D eigenvalue weighted by molar-refractivity contribution is -0.385. The summed E-state index contributed by atoms with van der Waals surface area (Å²) < 4.78 is 10.3. The van der Waals surface area contributed by atoms with Crippen molar-refractivity contribution < 1.29 is 14.4 Å². The fraction of sp³-hybridized carbons (Fsp3) is 0.250. The van der Waals surface area contributed by atoms with Gasteiger partial charge in [-0.25, -0.2) is 0 Å². The van der Waals surface area contributed by atoms with Gasteiger partial charge in [0.1, 0.15) is 0 Å². The van der Waals surface area contributed by atoms with Gasteiger partial charge in [0.25, 0.3) is 0 Å². The summed E-state index contributed by atoms with van der Waals surface area (Å²) in [5.74, 6) is 0.302. The Morgan fingerprint density at radius 2 is 1.95 bits per heavy atom. The number of rotatable bonds is 6. The number of ether oxygens (including phenoxy) is 2. The predicted octanol–water partition coefficient (Wildman–Crippen LogP) is 2.01. The molecule has 1 aromatic carbocycles. The summed E-state index contributed by atoms with van der Waals surface area (Å²) in [4.78, 5) is 22.3. The Hall–Kier alpha value is -2.97. The highest BCUT2D eigenvalue weighted by Gasteiger charge is 2.17. The van der Waals surface area contributed by atoms with E-state index in [2.05, 4.69) is 20.3 Å². The summed E-state index contributed by atoms with van der Waals surface area (Å²) in [7, 11) is 1.40. The van der Waals surface area contributed by atoms with Gasteiger partial charge in [-0.3, -0.25) is 10.1 Å². The molecule has 0 aliphatic rings. The van der Waals surface area contributed by atoms with Crippen molar-refractivity contribution in [1.29, 1.82) is 0 Å². The first kappa shape index (κ1) is 14.4. The van der Waals surface area contributed by atoms with E-state index in [4.69, 9.17) is 9.47 Å². The summed E-state index contributed by atoms with van der Waals surface area (Å²) in [6.45, 7) is 2.47. The van der Waals surface area contributed by atoms with Crippen LogP contribution in [0, 0.1) is 10.1 Å². The molecule has 0 atom stereocenters. The smallest absolute Gasteiger partial charge is 0.330 e. The van der Waals surface area contributed by atoms with Gasteiger partial charge in [-0.05, 0) is 13.0 Å². The molecule has 0 amide bonds. The number of nitrogens with zero attached hydrogens (tertiary/aromatic N) is 4. The number of nitro groups is 1. The van der Waals surface area contributed by atoms with Crippen molar-refractivity contribution in [3.8, 4) is 17.8 Å². The zero-order valence-electron chi connectivity index (χ0n) is 11.4. The van der Waals surface area contributed by atoms with Crippen molar-refractivity contribution in [3.05, 3.63) is 34.4 Å². The number of nitrogens with one attached hydrogen (secondary N) is 1. The first-order valence-corrected chi connectivity index (χ1v) is 6.09. The molecule has 2 aromatic rings. The van der Waals surface area contributed by atoms with Crippen LogP contribution in [0.5, 0.6) is 17.8 Å². The Morgan fingerprint density at radius 3 is 2.62 bits per heavy atom. The third-order valence-electron chi connectivity index (χ3n) is 2.38. The number of methoxy groups -OCH3 is 1. The molecule has 1 aromatic heterocycles. The van der Waals surface area contributed by atoms with Crippen LogP contribution in [0.1, 0.15) is 6.92 Å². The minimum Gasteiger partial charge on any atom is -0.467 e. The Morgan fingerprint density at radius 1 is 1.24 bits per heavy atom. The fourth-order valence-electron chi connectivity index (χ4n) is 1.50. The number of nitro benzene ring substituents is 1. The predicted molar refractivity (Wildman–Crippen MR) is 73.7 cm³/mol. The molecule has 110 valence electrons. The molecule has 2 rings (SSSR count). The highest BCUT2D eigenvalue weighted by molar-refractivity contribution is 5.47. The van der Waals surface area contributed by atoms with Crippen LogP contribution in [-0.4, -0.2) is 33.5 Å². The zero-order valence-corrected chi connectivity index (χ0v) is 11.4. The van der Waals surface area contributed by atoms with E-state index in [1.807, 2.05) is 6.92 Å². The van der Waals surface area contributed by atoms with E-state index in [-0.39, 0.29) is 29.4 Å². The maximum absolute atomic E-state index is 10.9. The molecular weight excluding hydrogens is 278 g/mol. The van der Waals surface area contributed by atoms with Crippen molar-refractivity contribution in [2.45, 2.75) is 6.92 Å². The molecule has 0 spiro atoms. The van der Waals surface area contributed by atoms with Gasteiger partial charge < -0.3 is 14.8 Å². The quantitative estimate of drug-likeness (QED) is 0.635. The highest BCUT2D eigenvalue weighted by Crippen LogP contribution is 2.29. The Labute approximate surface area is 120 Å². The summed E-state index contributed by atoms with van der Waals surface area (Å²) in [6, 6.07) is 5.91. The molecular formula is C12H13N5O4. The second-order valence-electron chi connectivity index (χ2n) is 3.79. The molecule has 9 nitrogen and oxygen atoms in total. The molecule has 1 heterocycles. The molecule has 0 saturated heterocycles. The average molecular weight is 291 g/mol. The summed E-state index contributed by atoms with van der Waals surface area (Å²) >= 11 is 0. The fourth-order valence-corrected chi connectivity index (χ4v) is 1.50. The van der Waals surface area contributed by atoms with Crippen molar-refractivity contribution in [2.75, 3.05) is 19.0 Å². The highest BCUT2D eigenvalue weighted by atomic mass is 16.6. The van der Waals surface area contributed by atoms with Crippen LogP contribution < -0.4 is 14.8 Å². The monoisotopic (exact) mass is 291 g/mol. The minimum absolute atomic E-state index is 0.0400. The van der Waals surface area contributed by atoms with Crippen molar-refractivity contribution >= 4 is 11.6 Å². The second-order valence-corrected chi connectivity index (χ2v) is 3.79. The standard InChI is InChI=1S/C12H13N5O4/c1-3-13-10-14-11(20-2)16-12(15-10)21-9-7-5-4-6-8(9)17(18)19/h4-7H,3H2,1-2H3,(H,13,14,15,16). The summed E-state index contributed by atoms with van der Waals surface area (Å²) in [6.07, 6.45) is 0. The van der Waals surface area contributed by atoms with Crippen molar-refractivity contribution in [3.63, 3.8) is 0 Å². The third-order valence-corrected chi connectivity index (χ3v) is 2.38. The van der Waals surface area contributed by atoms with E-state index in [0.29, 0.717) is 6.54 Å². The number of benzene rings is 1. The number of aromatic nitrogens is 3. The van der Waals surface area contributed by atoms with E-state index in [1.54, 1.807) is 12.1 Å². The van der Waals surface area contributed by atoms with E-state index in [0.717, 1.165) is 0 Å².